The van der Waals surface area contributed by atoms with E-state index in [1.54, 1.807) is 0 Å². The van der Waals surface area contributed by atoms with E-state index in [0.29, 0.717) is 6.42 Å². The molecule has 0 N–H and O–H groups in total. The number of rotatable bonds is 6. The third kappa shape index (κ3) is 3.84. The molecule has 5 rings (SSSR count). The van der Waals surface area contributed by atoms with E-state index in [-0.39, 0.29) is 11.2 Å². The second-order valence-electron chi connectivity index (χ2n) is 9.65. The number of hydrogen-bond acceptors (Lipinski definition) is 2. The summed E-state index contributed by atoms with van der Waals surface area (Å²) in [6.07, 6.45) is 2.57. The number of anilines is 3. The van der Waals surface area contributed by atoms with Crippen molar-refractivity contribution < 1.29 is 4.79 Å². The van der Waals surface area contributed by atoms with Crippen LogP contribution < -0.4 is 4.90 Å². The molecule has 2 heteroatoms. The lowest BCUT2D eigenvalue weighted by Gasteiger charge is -2.42. The Labute approximate surface area is 202 Å². The lowest BCUT2D eigenvalue weighted by molar-refractivity contribution is 0.0980. The normalized spacial score (nSPS) is 13.8. The van der Waals surface area contributed by atoms with Crippen LogP contribution in [0.1, 0.15) is 61.5 Å². The highest BCUT2D eigenvalue weighted by Crippen LogP contribution is 2.51. The van der Waals surface area contributed by atoms with Gasteiger partial charge in [0.1, 0.15) is 0 Å². The molecule has 0 spiro atoms. The van der Waals surface area contributed by atoms with Gasteiger partial charge in [-0.05, 0) is 59.0 Å². The number of Topliss-reactive ketones (excluding diaryl/α,β-unsaturated/α-hetero) is 1. The van der Waals surface area contributed by atoms with Gasteiger partial charge < -0.3 is 4.90 Å². The van der Waals surface area contributed by atoms with Crippen LogP contribution in [0, 0.1) is 0 Å². The molecule has 34 heavy (non-hydrogen) atoms. The zero-order valence-electron chi connectivity index (χ0n) is 20.2. The number of ketones is 1. The van der Waals surface area contributed by atoms with E-state index in [4.69, 9.17) is 0 Å². The molecule has 1 aliphatic rings. The van der Waals surface area contributed by atoms with E-state index in [1.165, 1.54) is 22.5 Å². The van der Waals surface area contributed by atoms with Gasteiger partial charge in [0, 0.05) is 23.1 Å². The van der Waals surface area contributed by atoms with Crippen LogP contribution in [0.4, 0.5) is 17.1 Å². The molecule has 0 atom stereocenters. The number of hydrogen-bond donors (Lipinski definition) is 0. The Hall–Kier alpha value is -3.65. The van der Waals surface area contributed by atoms with Crippen LogP contribution in [0.15, 0.2) is 97.1 Å². The summed E-state index contributed by atoms with van der Waals surface area (Å²) < 4.78 is 0. The topological polar surface area (TPSA) is 20.3 Å². The summed E-state index contributed by atoms with van der Waals surface area (Å²) in [5.41, 5.74) is 9.10. The van der Waals surface area contributed by atoms with Crippen LogP contribution in [-0.4, -0.2) is 5.78 Å². The Morgan fingerprint density at radius 2 is 1.32 bits per heavy atom. The predicted octanol–water partition coefficient (Wildman–Crippen LogP) is 8.84. The maximum Gasteiger partial charge on any atom is 0.162 e. The van der Waals surface area contributed by atoms with Gasteiger partial charge in [-0.25, -0.2) is 0 Å². The van der Waals surface area contributed by atoms with Crippen LogP contribution in [0.2, 0.25) is 0 Å². The fourth-order valence-corrected chi connectivity index (χ4v) is 5.13. The van der Waals surface area contributed by atoms with Crippen molar-refractivity contribution in [3.05, 3.63) is 114 Å². The first kappa shape index (κ1) is 22.2. The Bertz CT molecular complexity index is 1300. The number of fused-ring (bicyclic) bond motifs is 2. The molecule has 1 aliphatic heterocycles. The van der Waals surface area contributed by atoms with Crippen molar-refractivity contribution in [1.82, 2.24) is 0 Å². The third-order valence-corrected chi connectivity index (χ3v) is 7.02. The van der Waals surface area contributed by atoms with Crippen LogP contribution >= 0.6 is 0 Å². The maximum absolute atomic E-state index is 12.6. The lowest BCUT2D eigenvalue weighted by atomic mass is 9.73. The minimum atomic E-state index is -0.0749. The molecule has 0 fully saturated rings. The van der Waals surface area contributed by atoms with Crippen molar-refractivity contribution in [3.8, 4) is 11.1 Å². The van der Waals surface area contributed by atoms with Crippen LogP contribution in [-0.2, 0) is 5.41 Å². The SMILES string of the molecule is CCCCC(=O)c1cccc(-c2cccc(N3c4ccccc4C(C)(C)c4ccccc43)c2)c1. The second kappa shape index (κ2) is 8.95. The fraction of sp³-hybridized carbons (Fsp3) is 0.219. The molecule has 0 aromatic heterocycles. The van der Waals surface area contributed by atoms with Crippen LogP contribution in [0.25, 0.3) is 11.1 Å². The molecular formula is C32H31NO. The van der Waals surface area contributed by atoms with E-state index >= 15 is 0 Å². The number of unbranched alkanes of at least 4 members (excludes halogenated alkanes) is 1. The summed E-state index contributed by atoms with van der Waals surface area (Å²) >= 11 is 0. The molecule has 0 saturated carbocycles. The number of nitrogens with zero attached hydrogens (tertiary/aromatic N) is 1. The van der Waals surface area contributed by atoms with E-state index < -0.39 is 0 Å². The minimum Gasteiger partial charge on any atom is -0.310 e. The summed E-state index contributed by atoms with van der Waals surface area (Å²) in [7, 11) is 0. The minimum absolute atomic E-state index is 0.0749. The van der Waals surface area contributed by atoms with Gasteiger partial charge in [0.25, 0.3) is 0 Å². The Morgan fingerprint density at radius 1 is 0.735 bits per heavy atom. The van der Waals surface area contributed by atoms with Gasteiger partial charge in [-0.15, -0.1) is 0 Å². The molecule has 2 nitrogen and oxygen atoms in total. The average Bonchev–Trinajstić information content (AvgIpc) is 2.88. The summed E-state index contributed by atoms with van der Waals surface area (Å²) in [5, 5.41) is 0. The number of carbonyl (C=O) groups excluding carboxylic acids is 1. The second-order valence-corrected chi connectivity index (χ2v) is 9.65. The third-order valence-electron chi connectivity index (χ3n) is 7.02. The highest BCUT2D eigenvalue weighted by molar-refractivity contribution is 5.97. The Balaban J connectivity index is 1.60. The van der Waals surface area contributed by atoms with E-state index in [9.17, 15) is 4.79 Å². The van der Waals surface area contributed by atoms with Crippen molar-refractivity contribution in [3.63, 3.8) is 0 Å². The Morgan fingerprint density at radius 3 is 1.97 bits per heavy atom. The van der Waals surface area contributed by atoms with Gasteiger partial charge >= 0.3 is 0 Å². The van der Waals surface area contributed by atoms with Crippen molar-refractivity contribution in [1.29, 1.82) is 0 Å². The van der Waals surface area contributed by atoms with E-state index in [0.717, 1.165) is 35.2 Å². The first-order valence-corrected chi connectivity index (χ1v) is 12.2. The molecule has 170 valence electrons. The van der Waals surface area contributed by atoms with E-state index in [1.807, 2.05) is 18.2 Å². The first-order chi connectivity index (χ1) is 16.5. The number of benzene rings is 4. The van der Waals surface area contributed by atoms with Crippen molar-refractivity contribution >= 4 is 22.8 Å². The number of para-hydroxylation sites is 2. The first-order valence-electron chi connectivity index (χ1n) is 12.2. The van der Waals surface area contributed by atoms with Crippen molar-refractivity contribution in [2.45, 2.75) is 45.4 Å². The Kier molecular flexibility index (Phi) is 5.83. The molecule has 0 saturated heterocycles. The molecule has 0 aliphatic carbocycles. The molecule has 4 aromatic carbocycles. The van der Waals surface area contributed by atoms with Crippen LogP contribution in [0.5, 0.6) is 0 Å². The zero-order valence-corrected chi connectivity index (χ0v) is 20.2. The zero-order chi connectivity index (χ0) is 23.7. The van der Waals surface area contributed by atoms with Gasteiger partial charge in [0.2, 0.25) is 0 Å². The average molecular weight is 446 g/mol. The maximum atomic E-state index is 12.6. The highest BCUT2D eigenvalue weighted by atomic mass is 16.1. The van der Waals surface area contributed by atoms with E-state index in [2.05, 4.69) is 105 Å². The molecule has 0 amide bonds. The van der Waals surface area contributed by atoms with Gasteiger partial charge in [0.05, 0.1) is 11.4 Å². The number of carbonyl (C=O) groups is 1. The van der Waals surface area contributed by atoms with Crippen molar-refractivity contribution in [2.75, 3.05) is 4.90 Å². The summed E-state index contributed by atoms with van der Waals surface area (Å²) in [5.74, 6) is 0.223. The fourth-order valence-electron chi connectivity index (χ4n) is 5.13. The predicted molar refractivity (Wildman–Crippen MR) is 143 cm³/mol. The largest absolute Gasteiger partial charge is 0.310 e. The smallest absolute Gasteiger partial charge is 0.162 e. The monoisotopic (exact) mass is 445 g/mol. The molecular weight excluding hydrogens is 414 g/mol. The quantitative estimate of drug-likeness (QED) is 0.276. The van der Waals surface area contributed by atoms with Gasteiger partial charge in [-0.3, -0.25) is 4.79 Å². The van der Waals surface area contributed by atoms with Gasteiger partial charge in [0.15, 0.2) is 5.78 Å². The summed E-state index contributed by atoms with van der Waals surface area (Å²) in [6.45, 7) is 6.73. The van der Waals surface area contributed by atoms with Gasteiger partial charge in [-0.1, -0.05) is 93.9 Å². The molecule has 0 radical (unpaired) electrons. The standard InChI is InChI=1S/C32H31NO/c1-4-5-20-31(34)25-14-10-12-23(21-25)24-13-11-15-26(22-24)33-29-18-8-6-16-27(29)32(2,3)28-17-7-9-19-30(28)33/h6-19,21-22H,4-5,20H2,1-3H3. The molecule has 0 bridgehead atoms. The molecule has 4 aromatic rings. The summed E-state index contributed by atoms with van der Waals surface area (Å²) in [4.78, 5) is 15.0. The highest BCUT2D eigenvalue weighted by Gasteiger charge is 2.36. The molecule has 1 heterocycles. The van der Waals surface area contributed by atoms with Gasteiger partial charge in [-0.2, -0.15) is 0 Å². The lowest BCUT2D eigenvalue weighted by Crippen LogP contribution is -2.30. The van der Waals surface area contributed by atoms with Crippen LogP contribution in [0.3, 0.4) is 0 Å². The van der Waals surface area contributed by atoms with Crippen molar-refractivity contribution in [2.24, 2.45) is 0 Å². The molecule has 0 unspecified atom stereocenters. The summed E-state index contributed by atoms with van der Waals surface area (Å²) in [6, 6.07) is 34.1.